The van der Waals surface area contributed by atoms with E-state index < -0.39 is 0 Å². The molecular weight excluding hydrogens is 162 g/mol. The number of nitriles is 1. The van der Waals surface area contributed by atoms with Gasteiger partial charge in [0.1, 0.15) is 0 Å². The van der Waals surface area contributed by atoms with Crippen molar-refractivity contribution in [1.82, 2.24) is 0 Å². The third-order valence-electron chi connectivity index (χ3n) is 2.42. The maximum Gasteiger partial charge on any atom is 0.0782 e. The Balaban J connectivity index is 2.12. The molecule has 0 spiro atoms. The van der Waals surface area contributed by atoms with Crippen molar-refractivity contribution in [2.45, 2.75) is 44.6 Å². The fourth-order valence-electron chi connectivity index (χ4n) is 1.62. The second kappa shape index (κ2) is 5.77. The van der Waals surface area contributed by atoms with E-state index in [1.165, 1.54) is 18.4 Å². The normalized spacial score (nSPS) is 22.7. The van der Waals surface area contributed by atoms with Crippen LogP contribution in [-0.4, -0.2) is 12.7 Å². The van der Waals surface area contributed by atoms with Crippen molar-refractivity contribution in [2.24, 2.45) is 0 Å². The van der Waals surface area contributed by atoms with Gasteiger partial charge in [-0.15, -0.1) is 0 Å². The number of ether oxygens (including phenoxy) is 1. The quantitative estimate of drug-likeness (QED) is 0.491. The molecule has 2 heteroatoms. The Labute approximate surface area is 80.2 Å². The first-order chi connectivity index (χ1) is 6.34. The van der Waals surface area contributed by atoms with Crippen LogP contribution in [0.2, 0.25) is 0 Å². The zero-order valence-electron chi connectivity index (χ0n) is 8.09. The Hall–Kier alpha value is -0.810. The molecule has 1 rings (SSSR count). The second-order valence-electron chi connectivity index (χ2n) is 3.53. The summed E-state index contributed by atoms with van der Waals surface area (Å²) in [5.74, 6) is 0. The molecule has 1 fully saturated rings. The number of unbranched alkanes of at least 4 members (excludes halogenated alkanes) is 1. The van der Waals surface area contributed by atoms with E-state index in [0.29, 0.717) is 13.0 Å². The van der Waals surface area contributed by atoms with Crippen molar-refractivity contribution in [3.05, 3.63) is 12.2 Å². The predicted octanol–water partition coefficient (Wildman–Crippen LogP) is 2.81. The van der Waals surface area contributed by atoms with Crippen LogP contribution in [-0.2, 0) is 4.74 Å². The molecule has 0 amide bonds. The first kappa shape index (κ1) is 10.3. The Kier molecular flexibility index (Phi) is 4.56. The molecule has 1 aliphatic rings. The van der Waals surface area contributed by atoms with E-state index >= 15 is 0 Å². The van der Waals surface area contributed by atoms with E-state index in [9.17, 15) is 0 Å². The average Bonchev–Trinajstić information content (AvgIpc) is 2.15. The Bertz CT molecular complexity index is 205. The van der Waals surface area contributed by atoms with Crippen molar-refractivity contribution in [3.63, 3.8) is 0 Å². The molecule has 13 heavy (non-hydrogen) atoms. The SMILES string of the molecule is C=C1CCCCC1OCCCC#N. The van der Waals surface area contributed by atoms with Gasteiger partial charge in [0.2, 0.25) is 0 Å². The van der Waals surface area contributed by atoms with Gasteiger partial charge in [0.25, 0.3) is 0 Å². The van der Waals surface area contributed by atoms with Gasteiger partial charge in [-0.3, -0.25) is 0 Å². The highest BCUT2D eigenvalue weighted by molar-refractivity contribution is 5.04. The van der Waals surface area contributed by atoms with Crippen molar-refractivity contribution < 1.29 is 4.74 Å². The van der Waals surface area contributed by atoms with Gasteiger partial charge in [0.15, 0.2) is 0 Å². The van der Waals surface area contributed by atoms with E-state index in [1.54, 1.807) is 0 Å². The molecule has 2 nitrogen and oxygen atoms in total. The number of rotatable bonds is 4. The van der Waals surface area contributed by atoms with Crippen LogP contribution in [0.15, 0.2) is 12.2 Å². The van der Waals surface area contributed by atoms with Crippen LogP contribution in [0.1, 0.15) is 38.5 Å². The minimum atomic E-state index is 0.271. The van der Waals surface area contributed by atoms with E-state index in [2.05, 4.69) is 12.6 Å². The smallest absolute Gasteiger partial charge is 0.0782 e. The van der Waals surface area contributed by atoms with Gasteiger partial charge in [-0.05, 0) is 31.3 Å². The highest BCUT2D eigenvalue weighted by Crippen LogP contribution is 2.24. The molecule has 72 valence electrons. The predicted molar refractivity (Wildman–Crippen MR) is 52.2 cm³/mol. The largest absolute Gasteiger partial charge is 0.374 e. The van der Waals surface area contributed by atoms with Crippen LogP contribution in [0.3, 0.4) is 0 Å². The lowest BCUT2D eigenvalue weighted by molar-refractivity contribution is 0.0599. The lowest BCUT2D eigenvalue weighted by Gasteiger charge is -2.24. The molecule has 0 saturated heterocycles. The standard InChI is InChI=1S/C11H17NO/c1-10-6-2-3-7-11(10)13-9-5-4-8-12/h11H,1-7,9H2. The third-order valence-corrected chi connectivity index (χ3v) is 2.42. The molecule has 1 saturated carbocycles. The summed E-state index contributed by atoms with van der Waals surface area (Å²) in [7, 11) is 0. The zero-order chi connectivity index (χ0) is 9.52. The van der Waals surface area contributed by atoms with Gasteiger partial charge >= 0.3 is 0 Å². The molecule has 1 atom stereocenters. The second-order valence-corrected chi connectivity index (χ2v) is 3.53. The Morgan fingerprint density at radius 2 is 2.38 bits per heavy atom. The zero-order valence-corrected chi connectivity index (χ0v) is 8.09. The Morgan fingerprint density at radius 3 is 3.08 bits per heavy atom. The lowest BCUT2D eigenvalue weighted by Crippen LogP contribution is -2.19. The summed E-state index contributed by atoms with van der Waals surface area (Å²) in [6.07, 6.45) is 6.46. The van der Waals surface area contributed by atoms with Gasteiger partial charge in [-0.2, -0.15) is 5.26 Å². The Morgan fingerprint density at radius 1 is 1.54 bits per heavy atom. The molecule has 0 aliphatic heterocycles. The topological polar surface area (TPSA) is 33.0 Å². The highest BCUT2D eigenvalue weighted by atomic mass is 16.5. The van der Waals surface area contributed by atoms with Gasteiger partial charge < -0.3 is 4.74 Å². The summed E-state index contributed by atoms with van der Waals surface area (Å²) in [6, 6.07) is 2.11. The number of hydrogen-bond acceptors (Lipinski definition) is 2. The number of nitrogens with zero attached hydrogens (tertiary/aromatic N) is 1. The molecule has 0 aromatic carbocycles. The maximum absolute atomic E-state index is 8.33. The molecule has 1 aliphatic carbocycles. The summed E-state index contributed by atoms with van der Waals surface area (Å²) < 4.78 is 5.65. The fourth-order valence-corrected chi connectivity index (χ4v) is 1.62. The van der Waals surface area contributed by atoms with E-state index in [1.807, 2.05) is 0 Å². The molecule has 1 unspecified atom stereocenters. The van der Waals surface area contributed by atoms with Crippen LogP contribution >= 0.6 is 0 Å². The number of hydrogen-bond donors (Lipinski definition) is 0. The van der Waals surface area contributed by atoms with Gasteiger partial charge in [0.05, 0.1) is 12.2 Å². The first-order valence-electron chi connectivity index (χ1n) is 5.01. The van der Waals surface area contributed by atoms with Crippen LogP contribution in [0.25, 0.3) is 0 Å². The van der Waals surface area contributed by atoms with Crippen molar-refractivity contribution in [2.75, 3.05) is 6.61 Å². The lowest BCUT2D eigenvalue weighted by atomic mass is 9.93. The maximum atomic E-state index is 8.33. The summed E-state index contributed by atoms with van der Waals surface area (Å²) in [5, 5.41) is 8.33. The molecule has 0 aromatic heterocycles. The first-order valence-corrected chi connectivity index (χ1v) is 5.01. The molecule has 0 radical (unpaired) electrons. The van der Waals surface area contributed by atoms with Crippen LogP contribution < -0.4 is 0 Å². The monoisotopic (exact) mass is 179 g/mol. The summed E-state index contributed by atoms with van der Waals surface area (Å²) in [6.45, 7) is 4.71. The van der Waals surface area contributed by atoms with E-state index in [0.717, 1.165) is 19.3 Å². The highest BCUT2D eigenvalue weighted by Gasteiger charge is 2.16. The summed E-state index contributed by atoms with van der Waals surface area (Å²) >= 11 is 0. The summed E-state index contributed by atoms with van der Waals surface area (Å²) in [4.78, 5) is 0. The van der Waals surface area contributed by atoms with Gasteiger partial charge in [-0.1, -0.05) is 13.0 Å². The molecule has 0 N–H and O–H groups in total. The third kappa shape index (κ3) is 3.61. The van der Waals surface area contributed by atoms with Crippen molar-refractivity contribution in [3.8, 4) is 6.07 Å². The van der Waals surface area contributed by atoms with Gasteiger partial charge in [0, 0.05) is 13.0 Å². The molecule has 0 heterocycles. The van der Waals surface area contributed by atoms with Crippen LogP contribution in [0.5, 0.6) is 0 Å². The van der Waals surface area contributed by atoms with Crippen LogP contribution in [0.4, 0.5) is 0 Å². The summed E-state index contributed by atoms with van der Waals surface area (Å²) in [5.41, 5.74) is 1.24. The molecular formula is C11H17NO. The van der Waals surface area contributed by atoms with Crippen molar-refractivity contribution in [1.29, 1.82) is 5.26 Å². The van der Waals surface area contributed by atoms with Gasteiger partial charge in [-0.25, -0.2) is 0 Å². The van der Waals surface area contributed by atoms with E-state index in [4.69, 9.17) is 10.00 Å². The van der Waals surface area contributed by atoms with Crippen molar-refractivity contribution >= 4 is 0 Å². The minimum Gasteiger partial charge on any atom is -0.374 e. The fraction of sp³-hybridized carbons (Fsp3) is 0.727. The van der Waals surface area contributed by atoms with Crippen LogP contribution in [0, 0.1) is 11.3 Å². The average molecular weight is 179 g/mol. The molecule has 0 bridgehead atoms. The molecule has 0 aromatic rings. The minimum absolute atomic E-state index is 0.271. The van der Waals surface area contributed by atoms with E-state index in [-0.39, 0.29) is 6.10 Å².